The second-order valence-electron chi connectivity index (χ2n) is 7.84. The number of ketones is 1. The molecule has 9 nitrogen and oxygen atoms in total. The van der Waals surface area contributed by atoms with E-state index in [2.05, 4.69) is 20.3 Å². The summed E-state index contributed by atoms with van der Waals surface area (Å²) in [4.78, 5) is 49.3. The van der Waals surface area contributed by atoms with Crippen molar-refractivity contribution in [3.05, 3.63) is 83.2 Å². The minimum absolute atomic E-state index is 0.141. The highest BCUT2D eigenvalue weighted by Crippen LogP contribution is 2.23. The third kappa shape index (κ3) is 5.10. The van der Waals surface area contributed by atoms with E-state index in [1.807, 2.05) is 0 Å². The van der Waals surface area contributed by atoms with Gasteiger partial charge in [-0.05, 0) is 23.8 Å². The summed E-state index contributed by atoms with van der Waals surface area (Å²) in [5.41, 5.74) is 2.22. The Hall–Kier alpha value is -4.11. The number of amides is 1. The number of carbonyl (C=O) groups is 3. The molecular weight excluding hydrogens is 458 g/mol. The molecule has 1 atom stereocenters. The van der Waals surface area contributed by atoms with Gasteiger partial charge in [0.25, 0.3) is 0 Å². The Labute approximate surface area is 199 Å². The summed E-state index contributed by atoms with van der Waals surface area (Å²) < 4.78 is 1.63. The van der Waals surface area contributed by atoms with Gasteiger partial charge in [-0.2, -0.15) is 0 Å². The number of anilines is 1. The summed E-state index contributed by atoms with van der Waals surface area (Å²) in [6, 6.07) is 8.50. The monoisotopic (exact) mass is 477 g/mol. The van der Waals surface area contributed by atoms with Gasteiger partial charge in [-0.3, -0.25) is 19.4 Å². The SMILES string of the molecule is CC(Cn1cc(C(=O)c2cncc(NC(=O)Cc3ccc(Cl)cc3)c2)c2cncnc21)C(=O)O. The molecule has 10 heteroatoms. The largest absolute Gasteiger partial charge is 0.481 e. The van der Waals surface area contributed by atoms with Crippen LogP contribution in [0.2, 0.25) is 5.02 Å². The van der Waals surface area contributed by atoms with E-state index in [0.717, 1.165) is 5.56 Å². The first-order valence-corrected chi connectivity index (χ1v) is 10.8. The van der Waals surface area contributed by atoms with Crippen LogP contribution in [0.4, 0.5) is 5.69 Å². The normalized spacial score (nSPS) is 11.8. The smallest absolute Gasteiger partial charge is 0.308 e. The molecule has 0 saturated heterocycles. The average Bonchev–Trinajstić information content (AvgIpc) is 3.18. The second kappa shape index (κ2) is 9.80. The van der Waals surface area contributed by atoms with Gasteiger partial charge in [0.1, 0.15) is 12.0 Å². The van der Waals surface area contributed by atoms with E-state index >= 15 is 0 Å². The highest BCUT2D eigenvalue weighted by molar-refractivity contribution is 6.30. The summed E-state index contributed by atoms with van der Waals surface area (Å²) in [7, 11) is 0. The zero-order valence-corrected chi connectivity index (χ0v) is 18.9. The fourth-order valence-corrected chi connectivity index (χ4v) is 3.63. The van der Waals surface area contributed by atoms with Gasteiger partial charge in [-0.25, -0.2) is 9.97 Å². The molecule has 0 aliphatic carbocycles. The maximum atomic E-state index is 13.3. The lowest BCUT2D eigenvalue weighted by atomic mass is 10.1. The third-order valence-corrected chi connectivity index (χ3v) is 5.49. The van der Waals surface area contributed by atoms with Gasteiger partial charge in [-0.15, -0.1) is 0 Å². The van der Waals surface area contributed by atoms with Crippen molar-refractivity contribution in [2.45, 2.75) is 19.9 Å². The fourth-order valence-electron chi connectivity index (χ4n) is 3.50. The van der Waals surface area contributed by atoms with Crippen molar-refractivity contribution >= 4 is 46.0 Å². The first-order valence-electron chi connectivity index (χ1n) is 10.4. The average molecular weight is 478 g/mol. The molecular formula is C24H20ClN5O4. The number of carboxylic acid groups (broad SMARTS) is 1. The summed E-state index contributed by atoms with van der Waals surface area (Å²) in [6.07, 6.45) is 7.44. The molecule has 1 amide bonds. The van der Waals surface area contributed by atoms with Crippen LogP contribution in [0.15, 0.2) is 61.4 Å². The number of pyridine rings is 1. The molecule has 3 heterocycles. The van der Waals surface area contributed by atoms with Crippen LogP contribution >= 0.6 is 11.6 Å². The lowest BCUT2D eigenvalue weighted by molar-refractivity contribution is -0.141. The molecule has 0 spiro atoms. The number of halogens is 1. The summed E-state index contributed by atoms with van der Waals surface area (Å²) in [6.45, 7) is 1.73. The number of aromatic nitrogens is 4. The van der Waals surface area contributed by atoms with Gasteiger partial charge in [0, 0.05) is 41.1 Å². The molecule has 1 aromatic carbocycles. The Morgan fingerprint density at radius 2 is 1.88 bits per heavy atom. The van der Waals surface area contributed by atoms with Crippen molar-refractivity contribution in [2.75, 3.05) is 5.32 Å². The molecule has 0 bridgehead atoms. The standard InChI is InChI=1S/C24H20ClN5O4/c1-14(24(33)34)11-30-12-20(19-10-27-13-28-23(19)30)22(32)16-7-18(9-26-8-16)29-21(31)6-15-2-4-17(25)5-3-15/h2-5,7-10,12-14H,6,11H2,1H3,(H,29,31)(H,33,34). The van der Waals surface area contributed by atoms with E-state index in [9.17, 15) is 19.5 Å². The maximum absolute atomic E-state index is 13.3. The highest BCUT2D eigenvalue weighted by Gasteiger charge is 2.21. The Bertz CT molecular complexity index is 1380. The molecule has 0 radical (unpaired) electrons. The molecule has 4 aromatic rings. The number of rotatable bonds is 8. The van der Waals surface area contributed by atoms with Crippen LogP contribution in [0, 0.1) is 5.92 Å². The van der Waals surface area contributed by atoms with Crippen LogP contribution in [0.25, 0.3) is 11.0 Å². The second-order valence-corrected chi connectivity index (χ2v) is 8.27. The lowest BCUT2D eigenvalue weighted by Gasteiger charge is -2.08. The van der Waals surface area contributed by atoms with Crippen molar-refractivity contribution in [3.63, 3.8) is 0 Å². The molecule has 1 unspecified atom stereocenters. The predicted octanol–water partition coefficient (Wildman–Crippen LogP) is 3.61. The van der Waals surface area contributed by atoms with Crippen LogP contribution in [0.3, 0.4) is 0 Å². The number of benzene rings is 1. The summed E-state index contributed by atoms with van der Waals surface area (Å²) in [5, 5.41) is 13.1. The zero-order valence-electron chi connectivity index (χ0n) is 18.1. The van der Waals surface area contributed by atoms with Gasteiger partial charge >= 0.3 is 5.97 Å². The van der Waals surface area contributed by atoms with E-state index in [1.165, 1.54) is 24.9 Å². The minimum atomic E-state index is -0.949. The number of nitrogens with zero attached hydrogens (tertiary/aromatic N) is 4. The molecule has 172 valence electrons. The highest BCUT2D eigenvalue weighted by atomic mass is 35.5. The van der Waals surface area contributed by atoms with E-state index in [4.69, 9.17) is 11.6 Å². The van der Waals surface area contributed by atoms with Gasteiger partial charge in [0.15, 0.2) is 5.78 Å². The minimum Gasteiger partial charge on any atom is -0.481 e. The van der Waals surface area contributed by atoms with Gasteiger partial charge < -0.3 is 15.0 Å². The number of hydrogen-bond donors (Lipinski definition) is 2. The van der Waals surface area contributed by atoms with E-state index in [1.54, 1.807) is 48.0 Å². The Morgan fingerprint density at radius 3 is 2.62 bits per heavy atom. The number of aliphatic carboxylic acids is 1. The molecule has 34 heavy (non-hydrogen) atoms. The van der Waals surface area contributed by atoms with Gasteiger partial charge in [0.2, 0.25) is 5.91 Å². The third-order valence-electron chi connectivity index (χ3n) is 5.24. The first-order chi connectivity index (χ1) is 16.3. The maximum Gasteiger partial charge on any atom is 0.308 e. The topological polar surface area (TPSA) is 127 Å². The summed E-state index contributed by atoms with van der Waals surface area (Å²) >= 11 is 5.88. The quantitative estimate of drug-likeness (QED) is 0.371. The van der Waals surface area contributed by atoms with Crippen LogP contribution < -0.4 is 5.32 Å². The molecule has 0 aliphatic rings. The lowest BCUT2D eigenvalue weighted by Crippen LogP contribution is -2.16. The van der Waals surface area contributed by atoms with Crippen molar-refractivity contribution in [3.8, 4) is 0 Å². The summed E-state index contributed by atoms with van der Waals surface area (Å²) in [5.74, 6) is -2.23. The zero-order chi connectivity index (χ0) is 24.2. The van der Waals surface area contributed by atoms with Crippen molar-refractivity contribution in [1.82, 2.24) is 19.5 Å². The number of carbonyl (C=O) groups excluding carboxylic acids is 2. The van der Waals surface area contributed by atoms with Crippen LogP contribution in [-0.2, 0) is 22.6 Å². The van der Waals surface area contributed by atoms with Gasteiger partial charge in [-0.1, -0.05) is 30.7 Å². The Morgan fingerprint density at radius 1 is 1.12 bits per heavy atom. The predicted molar refractivity (Wildman–Crippen MR) is 126 cm³/mol. The Kier molecular flexibility index (Phi) is 6.65. The molecule has 2 N–H and O–H groups in total. The Balaban J connectivity index is 1.57. The number of nitrogens with one attached hydrogen (secondary N) is 1. The molecule has 3 aromatic heterocycles. The molecule has 4 rings (SSSR count). The van der Waals surface area contributed by atoms with Crippen molar-refractivity contribution in [1.29, 1.82) is 0 Å². The number of hydrogen-bond acceptors (Lipinski definition) is 6. The van der Waals surface area contributed by atoms with Crippen molar-refractivity contribution < 1.29 is 19.5 Å². The molecule has 0 saturated carbocycles. The first kappa shape index (κ1) is 23.1. The van der Waals surface area contributed by atoms with Crippen LogP contribution in [0.5, 0.6) is 0 Å². The fraction of sp³-hybridized carbons (Fsp3) is 0.167. The van der Waals surface area contributed by atoms with E-state index < -0.39 is 11.9 Å². The molecule has 0 fully saturated rings. The van der Waals surface area contributed by atoms with Crippen molar-refractivity contribution in [2.24, 2.45) is 5.92 Å². The van der Waals surface area contributed by atoms with Gasteiger partial charge in [0.05, 0.1) is 29.8 Å². The number of fused-ring (bicyclic) bond motifs is 1. The van der Waals surface area contributed by atoms with E-state index in [0.29, 0.717) is 27.3 Å². The van der Waals surface area contributed by atoms with E-state index in [-0.39, 0.29) is 30.2 Å². The number of carboxylic acids is 1. The van der Waals surface area contributed by atoms with Crippen LogP contribution in [-0.4, -0.2) is 42.3 Å². The molecule has 0 aliphatic heterocycles. The van der Waals surface area contributed by atoms with Crippen LogP contribution in [0.1, 0.15) is 28.4 Å².